The Balaban J connectivity index is 1.64. The van der Waals surface area contributed by atoms with Crippen molar-refractivity contribution in [2.75, 3.05) is 11.1 Å². The molecule has 34 heavy (non-hydrogen) atoms. The molecule has 0 spiro atoms. The molecule has 3 N–H and O–H groups in total. The summed E-state index contributed by atoms with van der Waals surface area (Å²) in [5, 5.41) is 23.8. The number of anilines is 1. The highest BCUT2D eigenvalue weighted by Gasteiger charge is 2.25. The van der Waals surface area contributed by atoms with Gasteiger partial charge in [0.25, 0.3) is 5.91 Å². The van der Waals surface area contributed by atoms with E-state index in [2.05, 4.69) is 20.8 Å². The summed E-state index contributed by atoms with van der Waals surface area (Å²) in [5.41, 5.74) is 2.24. The van der Waals surface area contributed by atoms with Gasteiger partial charge in [0.15, 0.2) is 11.0 Å². The Morgan fingerprint density at radius 1 is 1.06 bits per heavy atom. The predicted molar refractivity (Wildman–Crippen MR) is 130 cm³/mol. The van der Waals surface area contributed by atoms with Crippen molar-refractivity contribution < 1.29 is 19.5 Å². The molecule has 1 atom stereocenters. The van der Waals surface area contributed by atoms with E-state index in [-0.39, 0.29) is 35.1 Å². The highest BCUT2D eigenvalue weighted by Crippen LogP contribution is 2.24. The number of amides is 2. The van der Waals surface area contributed by atoms with Crippen molar-refractivity contribution in [3.8, 4) is 0 Å². The third-order valence-electron chi connectivity index (χ3n) is 5.13. The molecule has 10 heteroatoms. The number of aryl methyl sites for hydroxylation is 1. The van der Waals surface area contributed by atoms with E-state index in [9.17, 15) is 14.4 Å². The molecule has 9 nitrogen and oxygen atoms in total. The molecule has 0 radical (unpaired) electrons. The van der Waals surface area contributed by atoms with Gasteiger partial charge in [-0.2, -0.15) is 0 Å². The molecule has 0 unspecified atom stereocenters. The van der Waals surface area contributed by atoms with Gasteiger partial charge in [-0.05, 0) is 49.2 Å². The lowest BCUT2D eigenvalue weighted by Crippen LogP contribution is -2.33. The Labute approximate surface area is 202 Å². The second-order valence-electron chi connectivity index (χ2n) is 8.18. The number of nitrogens with zero attached hydrogens (tertiary/aromatic N) is 3. The van der Waals surface area contributed by atoms with Crippen LogP contribution in [-0.2, 0) is 11.8 Å². The van der Waals surface area contributed by atoms with Gasteiger partial charge in [-0.25, -0.2) is 4.79 Å². The van der Waals surface area contributed by atoms with E-state index in [1.165, 1.54) is 36.0 Å². The first-order chi connectivity index (χ1) is 16.2. The summed E-state index contributed by atoms with van der Waals surface area (Å²) in [6, 6.07) is 13.0. The molecule has 0 aliphatic carbocycles. The number of hydrogen-bond acceptors (Lipinski definition) is 6. The average Bonchev–Trinajstić information content (AvgIpc) is 3.16. The average molecular weight is 482 g/mol. The van der Waals surface area contributed by atoms with Gasteiger partial charge < -0.3 is 20.3 Å². The Morgan fingerprint density at radius 2 is 1.76 bits per heavy atom. The first-order valence-corrected chi connectivity index (χ1v) is 11.7. The molecule has 0 saturated heterocycles. The fraction of sp³-hybridized carbons (Fsp3) is 0.292. The van der Waals surface area contributed by atoms with Crippen LogP contribution in [0.4, 0.5) is 5.69 Å². The van der Waals surface area contributed by atoms with Crippen LogP contribution in [0.3, 0.4) is 0 Å². The number of carboxylic acid groups (broad SMARTS) is 1. The maximum absolute atomic E-state index is 12.8. The number of aromatic carboxylic acids is 1. The quantitative estimate of drug-likeness (QED) is 0.398. The highest BCUT2D eigenvalue weighted by atomic mass is 32.2. The molecule has 2 amide bonds. The lowest BCUT2D eigenvalue weighted by Gasteiger charge is -2.21. The van der Waals surface area contributed by atoms with E-state index in [4.69, 9.17) is 5.11 Å². The number of carboxylic acids is 1. The fourth-order valence-corrected chi connectivity index (χ4v) is 4.00. The standard InChI is InChI=1S/C24H27N5O4S/c1-14(2)20(26-22(31)17-7-5-6-15(3)12-17)21-27-28-24(29(21)4)34-13-19(30)25-18-10-8-16(9-11-18)23(32)33/h5-12,14,20H,13H2,1-4H3,(H,25,30)(H,26,31)(H,32,33)/t20-/m0/s1. The zero-order valence-corrected chi connectivity index (χ0v) is 20.2. The van der Waals surface area contributed by atoms with Crippen LogP contribution < -0.4 is 10.6 Å². The Hall–Kier alpha value is -3.66. The fourth-order valence-electron chi connectivity index (χ4n) is 3.29. The Morgan fingerprint density at radius 3 is 2.38 bits per heavy atom. The molecule has 0 aliphatic heterocycles. The minimum atomic E-state index is -1.03. The van der Waals surface area contributed by atoms with Crippen molar-refractivity contribution in [3.63, 3.8) is 0 Å². The third kappa shape index (κ3) is 6.22. The number of nitrogens with one attached hydrogen (secondary N) is 2. The number of benzene rings is 2. The number of thioether (sulfide) groups is 1. The number of carbonyl (C=O) groups excluding carboxylic acids is 2. The number of hydrogen-bond donors (Lipinski definition) is 3. The predicted octanol–water partition coefficient (Wildman–Crippen LogP) is 3.68. The maximum atomic E-state index is 12.8. The zero-order chi connectivity index (χ0) is 24.8. The smallest absolute Gasteiger partial charge is 0.335 e. The molecule has 3 rings (SSSR count). The van der Waals surface area contributed by atoms with Gasteiger partial charge in [-0.1, -0.05) is 43.3 Å². The second kappa shape index (κ2) is 11.0. The van der Waals surface area contributed by atoms with E-state index < -0.39 is 5.97 Å². The molecule has 1 heterocycles. The van der Waals surface area contributed by atoms with Crippen molar-refractivity contribution in [1.29, 1.82) is 0 Å². The molecule has 0 fully saturated rings. The molecule has 1 aromatic heterocycles. The largest absolute Gasteiger partial charge is 0.478 e. The summed E-state index contributed by atoms with van der Waals surface area (Å²) in [5.74, 6) is -0.719. The third-order valence-corrected chi connectivity index (χ3v) is 6.15. The van der Waals surface area contributed by atoms with Gasteiger partial charge in [-0.3, -0.25) is 9.59 Å². The highest BCUT2D eigenvalue weighted by molar-refractivity contribution is 7.99. The van der Waals surface area contributed by atoms with Gasteiger partial charge in [0.05, 0.1) is 17.4 Å². The summed E-state index contributed by atoms with van der Waals surface area (Å²) in [7, 11) is 1.80. The number of carbonyl (C=O) groups is 3. The van der Waals surface area contributed by atoms with Gasteiger partial charge in [-0.15, -0.1) is 10.2 Å². The van der Waals surface area contributed by atoms with Gasteiger partial charge in [0, 0.05) is 18.3 Å². The molecular weight excluding hydrogens is 454 g/mol. The Bertz CT molecular complexity index is 1190. The van der Waals surface area contributed by atoms with Crippen LogP contribution in [-0.4, -0.2) is 43.4 Å². The molecule has 0 saturated carbocycles. The van der Waals surface area contributed by atoms with E-state index >= 15 is 0 Å². The summed E-state index contributed by atoms with van der Waals surface area (Å²) < 4.78 is 1.78. The number of rotatable bonds is 9. The van der Waals surface area contributed by atoms with Crippen LogP contribution in [0.2, 0.25) is 0 Å². The first kappa shape index (κ1) is 25.0. The first-order valence-electron chi connectivity index (χ1n) is 10.7. The SMILES string of the molecule is Cc1cccc(C(=O)N[C@H](c2nnc(SCC(=O)Nc3ccc(C(=O)O)cc3)n2C)C(C)C)c1. The molecule has 2 aromatic carbocycles. The topological polar surface area (TPSA) is 126 Å². The maximum Gasteiger partial charge on any atom is 0.335 e. The Kier molecular flexibility index (Phi) is 8.06. The van der Waals surface area contributed by atoms with Crippen LogP contribution in [0.5, 0.6) is 0 Å². The normalized spacial score (nSPS) is 11.8. The zero-order valence-electron chi connectivity index (χ0n) is 19.4. The number of aromatic nitrogens is 3. The molecule has 0 aliphatic rings. The van der Waals surface area contributed by atoms with Crippen molar-refractivity contribution >= 4 is 35.2 Å². The molecule has 3 aromatic rings. The van der Waals surface area contributed by atoms with Gasteiger partial charge in [0.2, 0.25) is 5.91 Å². The van der Waals surface area contributed by atoms with Gasteiger partial charge >= 0.3 is 5.97 Å². The summed E-state index contributed by atoms with van der Waals surface area (Å²) in [4.78, 5) is 36.1. The second-order valence-corrected chi connectivity index (χ2v) is 9.13. The monoisotopic (exact) mass is 481 g/mol. The van der Waals surface area contributed by atoms with Crippen LogP contribution >= 0.6 is 11.8 Å². The summed E-state index contributed by atoms with van der Waals surface area (Å²) in [6.45, 7) is 5.92. The lowest BCUT2D eigenvalue weighted by molar-refractivity contribution is -0.113. The molecular formula is C24H27N5O4S. The van der Waals surface area contributed by atoms with Crippen molar-refractivity contribution in [1.82, 2.24) is 20.1 Å². The van der Waals surface area contributed by atoms with Gasteiger partial charge in [0.1, 0.15) is 0 Å². The lowest BCUT2D eigenvalue weighted by atomic mass is 10.0. The minimum absolute atomic E-state index is 0.0616. The van der Waals surface area contributed by atoms with E-state index in [0.29, 0.717) is 22.2 Å². The van der Waals surface area contributed by atoms with Crippen molar-refractivity contribution in [2.45, 2.75) is 32.0 Å². The summed E-state index contributed by atoms with van der Waals surface area (Å²) in [6.07, 6.45) is 0. The minimum Gasteiger partial charge on any atom is -0.478 e. The summed E-state index contributed by atoms with van der Waals surface area (Å²) >= 11 is 1.22. The molecule has 0 bridgehead atoms. The van der Waals surface area contributed by atoms with Crippen molar-refractivity contribution in [3.05, 3.63) is 71.0 Å². The van der Waals surface area contributed by atoms with Crippen LogP contribution in [0, 0.1) is 12.8 Å². The van der Waals surface area contributed by atoms with Crippen LogP contribution in [0.25, 0.3) is 0 Å². The van der Waals surface area contributed by atoms with E-state index in [1.54, 1.807) is 17.7 Å². The van der Waals surface area contributed by atoms with E-state index in [1.807, 2.05) is 39.0 Å². The van der Waals surface area contributed by atoms with Crippen LogP contribution in [0.15, 0.2) is 53.7 Å². The molecule has 178 valence electrons. The van der Waals surface area contributed by atoms with Crippen LogP contribution in [0.1, 0.15) is 52.0 Å². The van der Waals surface area contributed by atoms with E-state index in [0.717, 1.165) is 5.56 Å². The van der Waals surface area contributed by atoms with Crippen molar-refractivity contribution in [2.24, 2.45) is 13.0 Å².